The minimum absolute atomic E-state index is 0.286. The molecule has 1 N–H and O–H groups in total. The Bertz CT molecular complexity index is 302. The molecule has 0 aliphatic carbocycles. The Morgan fingerprint density at radius 2 is 2.50 bits per heavy atom. The highest BCUT2D eigenvalue weighted by molar-refractivity contribution is 7.09. The summed E-state index contributed by atoms with van der Waals surface area (Å²) >= 11 is 1.45. The van der Waals surface area contributed by atoms with Crippen LogP contribution in [-0.4, -0.2) is 34.2 Å². The molecular weight excluding hydrogens is 198 g/mol. The van der Waals surface area contributed by atoms with E-state index in [9.17, 15) is 0 Å². The quantitative estimate of drug-likeness (QED) is 0.798. The molecule has 1 aromatic heterocycles. The third kappa shape index (κ3) is 2.04. The van der Waals surface area contributed by atoms with Crippen molar-refractivity contribution in [3.63, 3.8) is 0 Å². The van der Waals surface area contributed by atoms with Gasteiger partial charge in [-0.25, -0.2) is 4.98 Å². The predicted octanol–water partition coefficient (Wildman–Crippen LogP) is 1.06. The molecule has 5 heteroatoms. The molecule has 0 amide bonds. The van der Waals surface area contributed by atoms with Gasteiger partial charge in [-0.2, -0.15) is 4.37 Å². The van der Waals surface area contributed by atoms with Crippen LogP contribution >= 0.6 is 11.5 Å². The Balaban J connectivity index is 2.04. The summed E-state index contributed by atoms with van der Waals surface area (Å²) in [6, 6.07) is 0. The van der Waals surface area contributed by atoms with Crippen LogP contribution in [0.1, 0.15) is 18.7 Å². The maximum absolute atomic E-state index is 9.10. The predicted molar refractivity (Wildman–Crippen MR) is 56.7 cm³/mol. The van der Waals surface area contributed by atoms with E-state index in [2.05, 4.69) is 14.3 Å². The van der Waals surface area contributed by atoms with E-state index < -0.39 is 0 Å². The number of hydrogen-bond acceptors (Lipinski definition) is 5. The number of nitrogens with zero attached hydrogens (tertiary/aromatic N) is 3. The molecule has 2 heterocycles. The first-order chi connectivity index (χ1) is 6.79. The first kappa shape index (κ1) is 9.86. The van der Waals surface area contributed by atoms with Crippen LogP contribution < -0.4 is 4.90 Å². The van der Waals surface area contributed by atoms with Gasteiger partial charge in [0.2, 0.25) is 5.13 Å². The van der Waals surface area contributed by atoms with Crippen molar-refractivity contribution >= 4 is 16.7 Å². The molecular formula is C9H15N3OS. The van der Waals surface area contributed by atoms with Crippen molar-refractivity contribution in [1.29, 1.82) is 0 Å². The van der Waals surface area contributed by atoms with Gasteiger partial charge < -0.3 is 10.0 Å². The van der Waals surface area contributed by atoms with Crippen molar-refractivity contribution in [3.05, 3.63) is 5.82 Å². The lowest BCUT2D eigenvalue weighted by atomic mass is 10.00. The second kappa shape index (κ2) is 4.23. The van der Waals surface area contributed by atoms with Gasteiger partial charge in [-0.3, -0.25) is 0 Å². The summed E-state index contributed by atoms with van der Waals surface area (Å²) in [6.07, 6.45) is 2.27. The number of rotatable bonds is 2. The second-order valence-electron chi connectivity index (χ2n) is 3.76. The van der Waals surface area contributed by atoms with E-state index in [1.165, 1.54) is 11.5 Å². The molecule has 0 bridgehead atoms. The zero-order chi connectivity index (χ0) is 9.97. The summed E-state index contributed by atoms with van der Waals surface area (Å²) in [4.78, 5) is 6.59. The fraction of sp³-hybridized carbons (Fsp3) is 0.778. The normalized spacial score (nSPS) is 22.7. The Labute approximate surface area is 87.8 Å². The topological polar surface area (TPSA) is 49.2 Å². The molecule has 0 radical (unpaired) electrons. The number of anilines is 1. The number of aliphatic hydroxyl groups excluding tert-OH is 1. The third-order valence-corrected chi connectivity index (χ3v) is 3.43. The lowest BCUT2D eigenvalue weighted by molar-refractivity contribution is 0.208. The van der Waals surface area contributed by atoms with Crippen LogP contribution in [0.25, 0.3) is 0 Å². The van der Waals surface area contributed by atoms with Crippen LogP contribution in [0.4, 0.5) is 5.13 Å². The molecule has 14 heavy (non-hydrogen) atoms. The summed E-state index contributed by atoms with van der Waals surface area (Å²) in [7, 11) is 0. The fourth-order valence-electron chi connectivity index (χ4n) is 1.80. The highest BCUT2D eigenvalue weighted by Gasteiger charge is 2.21. The molecule has 2 rings (SSSR count). The Hall–Kier alpha value is -0.680. The Kier molecular flexibility index (Phi) is 2.98. The molecule has 0 aromatic carbocycles. The minimum Gasteiger partial charge on any atom is -0.396 e. The highest BCUT2D eigenvalue weighted by atomic mass is 32.1. The highest BCUT2D eigenvalue weighted by Crippen LogP contribution is 2.24. The summed E-state index contributed by atoms with van der Waals surface area (Å²) in [5.74, 6) is 1.25. The van der Waals surface area contributed by atoms with E-state index in [1.807, 2.05) is 6.92 Å². The standard InChI is InChI=1S/C9H15N3OS/c1-7-10-9(14-11-7)12-4-2-3-8(5-12)6-13/h8,13H,2-6H2,1H3. The molecule has 1 fully saturated rings. The van der Waals surface area contributed by atoms with Crippen LogP contribution in [0.15, 0.2) is 0 Å². The first-order valence-electron chi connectivity index (χ1n) is 4.95. The lowest BCUT2D eigenvalue weighted by Crippen LogP contribution is -2.36. The van der Waals surface area contributed by atoms with Crippen molar-refractivity contribution in [2.75, 3.05) is 24.6 Å². The zero-order valence-corrected chi connectivity index (χ0v) is 9.13. The van der Waals surface area contributed by atoms with Gasteiger partial charge in [-0.05, 0) is 25.7 Å². The molecule has 1 aliphatic rings. The second-order valence-corrected chi connectivity index (χ2v) is 4.49. The molecule has 1 saturated heterocycles. The van der Waals surface area contributed by atoms with Crippen LogP contribution in [0.3, 0.4) is 0 Å². The Morgan fingerprint density at radius 3 is 3.14 bits per heavy atom. The van der Waals surface area contributed by atoms with Gasteiger partial charge in [0.25, 0.3) is 0 Å². The molecule has 1 aromatic rings. The Morgan fingerprint density at radius 1 is 1.64 bits per heavy atom. The van der Waals surface area contributed by atoms with Gasteiger partial charge in [0, 0.05) is 31.2 Å². The van der Waals surface area contributed by atoms with Crippen molar-refractivity contribution in [2.24, 2.45) is 5.92 Å². The fourth-order valence-corrected chi connectivity index (χ4v) is 2.51. The van der Waals surface area contributed by atoms with Crippen LogP contribution in [0, 0.1) is 12.8 Å². The molecule has 4 nitrogen and oxygen atoms in total. The number of aromatic nitrogens is 2. The lowest BCUT2D eigenvalue weighted by Gasteiger charge is -2.31. The maximum Gasteiger partial charge on any atom is 0.205 e. The molecule has 0 saturated carbocycles. The van der Waals surface area contributed by atoms with Gasteiger partial charge in [0.15, 0.2) is 0 Å². The van der Waals surface area contributed by atoms with E-state index in [0.717, 1.165) is 36.9 Å². The van der Waals surface area contributed by atoms with Gasteiger partial charge in [0.05, 0.1) is 0 Å². The first-order valence-corrected chi connectivity index (χ1v) is 5.73. The third-order valence-electron chi connectivity index (χ3n) is 2.56. The summed E-state index contributed by atoms with van der Waals surface area (Å²) in [5, 5.41) is 10.1. The largest absolute Gasteiger partial charge is 0.396 e. The summed E-state index contributed by atoms with van der Waals surface area (Å²) in [6.45, 7) is 4.16. The molecule has 78 valence electrons. The van der Waals surface area contributed by atoms with E-state index in [4.69, 9.17) is 5.11 Å². The monoisotopic (exact) mass is 213 g/mol. The van der Waals surface area contributed by atoms with E-state index in [1.54, 1.807) is 0 Å². The SMILES string of the molecule is Cc1nsc(N2CCCC(CO)C2)n1. The smallest absolute Gasteiger partial charge is 0.205 e. The average molecular weight is 213 g/mol. The van der Waals surface area contributed by atoms with Gasteiger partial charge in [-0.1, -0.05) is 0 Å². The average Bonchev–Trinajstić information content (AvgIpc) is 2.65. The number of hydrogen-bond donors (Lipinski definition) is 1. The van der Waals surface area contributed by atoms with Crippen LogP contribution in [0.2, 0.25) is 0 Å². The minimum atomic E-state index is 0.286. The number of aryl methyl sites for hydroxylation is 1. The van der Waals surface area contributed by atoms with Crippen molar-refractivity contribution in [1.82, 2.24) is 9.36 Å². The van der Waals surface area contributed by atoms with Crippen LogP contribution in [0.5, 0.6) is 0 Å². The zero-order valence-electron chi connectivity index (χ0n) is 8.31. The molecule has 1 atom stereocenters. The van der Waals surface area contributed by atoms with Gasteiger partial charge in [-0.15, -0.1) is 0 Å². The van der Waals surface area contributed by atoms with E-state index in [0.29, 0.717) is 5.92 Å². The summed E-state index contributed by atoms with van der Waals surface area (Å²) in [5.41, 5.74) is 0. The van der Waals surface area contributed by atoms with Crippen molar-refractivity contribution in [3.8, 4) is 0 Å². The number of piperidine rings is 1. The number of aliphatic hydroxyl groups is 1. The van der Waals surface area contributed by atoms with Gasteiger partial charge in [0.1, 0.15) is 5.82 Å². The van der Waals surface area contributed by atoms with Crippen molar-refractivity contribution < 1.29 is 5.11 Å². The molecule has 1 aliphatic heterocycles. The van der Waals surface area contributed by atoms with E-state index in [-0.39, 0.29) is 6.61 Å². The summed E-state index contributed by atoms with van der Waals surface area (Å²) < 4.78 is 4.17. The maximum atomic E-state index is 9.10. The van der Waals surface area contributed by atoms with E-state index >= 15 is 0 Å². The van der Waals surface area contributed by atoms with Crippen molar-refractivity contribution in [2.45, 2.75) is 19.8 Å². The van der Waals surface area contributed by atoms with Crippen LogP contribution in [-0.2, 0) is 0 Å². The molecule has 1 unspecified atom stereocenters. The molecule has 0 spiro atoms. The van der Waals surface area contributed by atoms with Gasteiger partial charge >= 0.3 is 0 Å².